The maximum atomic E-state index is 12.5. The highest BCUT2D eigenvalue weighted by Crippen LogP contribution is 2.30. The van der Waals surface area contributed by atoms with E-state index in [1.54, 1.807) is 24.5 Å². The molecule has 0 saturated carbocycles. The number of hydrogen-bond donors (Lipinski definition) is 1. The van der Waals surface area contributed by atoms with Gasteiger partial charge >= 0.3 is 0 Å². The molecule has 0 spiro atoms. The Hall–Kier alpha value is -3.29. The van der Waals surface area contributed by atoms with Crippen LogP contribution in [0.1, 0.15) is 26.3 Å². The minimum atomic E-state index is -0.242. The van der Waals surface area contributed by atoms with Gasteiger partial charge in [-0.1, -0.05) is 41.4 Å². The van der Waals surface area contributed by atoms with Crippen molar-refractivity contribution in [2.45, 2.75) is 38.8 Å². The molecular formula is C27H27Cl2N5O2. The lowest BCUT2D eigenvalue weighted by atomic mass is 10.1. The Labute approximate surface area is 220 Å². The molecule has 1 aliphatic heterocycles. The van der Waals surface area contributed by atoms with E-state index in [9.17, 15) is 4.79 Å². The summed E-state index contributed by atoms with van der Waals surface area (Å²) in [6.45, 7) is 7.44. The largest absolute Gasteiger partial charge is 0.488 e. The molecule has 5 rings (SSSR count). The van der Waals surface area contributed by atoms with Gasteiger partial charge in [-0.05, 0) is 62.2 Å². The predicted octanol–water partition coefficient (Wildman–Crippen LogP) is 5.43. The van der Waals surface area contributed by atoms with Gasteiger partial charge in [0.2, 0.25) is 5.91 Å². The van der Waals surface area contributed by atoms with Crippen molar-refractivity contribution in [1.82, 2.24) is 19.9 Å². The van der Waals surface area contributed by atoms with E-state index in [1.165, 1.54) is 0 Å². The molecule has 4 aromatic rings. The van der Waals surface area contributed by atoms with Crippen molar-refractivity contribution in [2.75, 3.05) is 18.0 Å². The first kappa shape index (κ1) is 24.4. The molecule has 0 radical (unpaired) electrons. The van der Waals surface area contributed by atoms with Crippen LogP contribution < -0.4 is 15.0 Å². The molecule has 0 atom stereocenters. The molecule has 1 amide bonds. The van der Waals surface area contributed by atoms with Gasteiger partial charge in [0.15, 0.2) is 5.82 Å². The number of amides is 1. The third kappa shape index (κ3) is 5.42. The van der Waals surface area contributed by atoms with Crippen LogP contribution in [0.4, 0.5) is 5.82 Å². The maximum absolute atomic E-state index is 12.5. The summed E-state index contributed by atoms with van der Waals surface area (Å²) in [5, 5.41) is 8.51. The van der Waals surface area contributed by atoms with Crippen LogP contribution >= 0.6 is 23.2 Å². The van der Waals surface area contributed by atoms with Crippen molar-refractivity contribution in [1.29, 1.82) is 0 Å². The SMILES string of the molecule is CC(C)(C)Oc1ccc(-c2cc3c(N4CC(NC(=O)Cc5ccc(Cl)cc5Cl)C4)ncnn3c2)cc1. The number of aromatic nitrogens is 3. The van der Waals surface area contributed by atoms with Gasteiger partial charge in [-0.3, -0.25) is 4.79 Å². The topological polar surface area (TPSA) is 71.8 Å². The fraction of sp³-hybridized carbons (Fsp3) is 0.296. The van der Waals surface area contributed by atoms with E-state index in [0.29, 0.717) is 23.1 Å². The summed E-state index contributed by atoms with van der Waals surface area (Å²) < 4.78 is 7.77. The van der Waals surface area contributed by atoms with Gasteiger partial charge in [-0.2, -0.15) is 5.10 Å². The van der Waals surface area contributed by atoms with Crippen LogP contribution in [0.15, 0.2) is 61.1 Å². The van der Waals surface area contributed by atoms with E-state index in [1.807, 2.05) is 55.7 Å². The highest BCUT2D eigenvalue weighted by Gasteiger charge is 2.30. The number of ether oxygens (including phenoxy) is 1. The summed E-state index contributed by atoms with van der Waals surface area (Å²) >= 11 is 12.1. The zero-order valence-electron chi connectivity index (χ0n) is 20.3. The van der Waals surface area contributed by atoms with E-state index in [-0.39, 0.29) is 24.0 Å². The molecule has 1 aliphatic rings. The highest BCUT2D eigenvalue weighted by molar-refractivity contribution is 6.35. The molecule has 0 bridgehead atoms. The van der Waals surface area contributed by atoms with Gasteiger partial charge in [0.25, 0.3) is 0 Å². The average molecular weight is 524 g/mol. The summed E-state index contributed by atoms with van der Waals surface area (Å²) in [6.07, 6.45) is 3.77. The first-order valence-electron chi connectivity index (χ1n) is 11.8. The highest BCUT2D eigenvalue weighted by atomic mass is 35.5. The molecule has 186 valence electrons. The van der Waals surface area contributed by atoms with Crippen LogP contribution in [0.5, 0.6) is 5.75 Å². The van der Waals surface area contributed by atoms with Gasteiger partial charge in [0.1, 0.15) is 23.2 Å². The van der Waals surface area contributed by atoms with Crippen LogP contribution in [-0.2, 0) is 11.2 Å². The van der Waals surface area contributed by atoms with Crippen molar-refractivity contribution in [3.63, 3.8) is 0 Å². The van der Waals surface area contributed by atoms with Crippen LogP contribution in [0.25, 0.3) is 16.6 Å². The molecule has 9 heteroatoms. The lowest BCUT2D eigenvalue weighted by Crippen LogP contribution is -2.60. The Morgan fingerprint density at radius 3 is 2.53 bits per heavy atom. The van der Waals surface area contributed by atoms with Crippen molar-refractivity contribution in [3.8, 4) is 16.9 Å². The number of fused-ring (bicyclic) bond motifs is 1. The van der Waals surface area contributed by atoms with E-state index in [0.717, 1.165) is 33.8 Å². The smallest absolute Gasteiger partial charge is 0.224 e. The minimum Gasteiger partial charge on any atom is -0.488 e. The quantitative estimate of drug-likeness (QED) is 0.364. The minimum absolute atomic E-state index is 0.0448. The number of hydrogen-bond acceptors (Lipinski definition) is 5. The molecule has 2 aromatic carbocycles. The van der Waals surface area contributed by atoms with Gasteiger partial charge < -0.3 is 15.0 Å². The Morgan fingerprint density at radius 2 is 1.83 bits per heavy atom. The molecule has 36 heavy (non-hydrogen) atoms. The van der Waals surface area contributed by atoms with Crippen LogP contribution in [0.2, 0.25) is 10.0 Å². The van der Waals surface area contributed by atoms with E-state index in [2.05, 4.69) is 26.4 Å². The van der Waals surface area contributed by atoms with Crippen LogP contribution in [0, 0.1) is 0 Å². The van der Waals surface area contributed by atoms with E-state index < -0.39 is 0 Å². The first-order valence-corrected chi connectivity index (χ1v) is 12.5. The second-order valence-corrected chi connectivity index (χ2v) is 10.8. The number of carbonyl (C=O) groups excluding carboxylic acids is 1. The number of nitrogens with zero attached hydrogens (tertiary/aromatic N) is 4. The molecule has 3 heterocycles. The Kier molecular flexibility index (Phi) is 6.53. The Bertz CT molecular complexity index is 1410. The summed E-state index contributed by atoms with van der Waals surface area (Å²) in [7, 11) is 0. The number of nitrogens with one attached hydrogen (secondary N) is 1. The van der Waals surface area contributed by atoms with Gasteiger partial charge in [0.05, 0.1) is 12.5 Å². The molecule has 0 unspecified atom stereocenters. The third-order valence-electron chi connectivity index (χ3n) is 5.91. The van der Waals surface area contributed by atoms with Gasteiger partial charge in [-0.25, -0.2) is 9.50 Å². The molecule has 0 aliphatic carbocycles. The van der Waals surface area contributed by atoms with Crippen LogP contribution in [-0.4, -0.2) is 45.2 Å². The van der Waals surface area contributed by atoms with Crippen molar-refractivity contribution in [2.24, 2.45) is 0 Å². The fourth-order valence-corrected chi connectivity index (χ4v) is 4.72. The summed E-state index contributed by atoms with van der Waals surface area (Å²) in [5.74, 6) is 1.61. The lowest BCUT2D eigenvalue weighted by Gasteiger charge is -2.40. The average Bonchev–Trinajstić information content (AvgIpc) is 3.22. The van der Waals surface area contributed by atoms with E-state index in [4.69, 9.17) is 27.9 Å². The monoisotopic (exact) mass is 523 g/mol. The van der Waals surface area contributed by atoms with Gasteiger partial charge in [0, 0.05) is 34.9 Å². The van der Waals surface area contributed by atoms with Crippen molar-refractivity contribution < 1.29 is 9.53 Å². The molecule has 7 nitrogen and oxygen atoms in total. The number of benzene rings is 2. The molecule has 1 N–H and O–H groups in total. The molecule has 1 fully saturated rings. The fourth-order valence-electron chi connectivity index (χ4n) is 4.25. The zero-order valence-corrected chi connectivity index (χ0v) is 21.8. The second-order valence-electron chi connectivity index (χ2n) is 9.96. The van der Waals surface area contributed by atoms with Crippen molar-refractivity contribution in [3.05, 3.63) is 76.7 Å². The second kappa shape index (κ2) is 9.64. The first-order chi connectivity index (χ1) is 17.1. The Morgan fingerprint density at radius 1 is 1.08 bits per heavy atom. The van der Waals surface area contributed by atoms with Crippen LogP contribution in [0.3, 0.4) is 0 Å². The number of carbonyl (C=O) groups is 1. The molecule has 2 aromatic heterocycles. The van der Waals surface area contributed by atoms with Gasteiger partial charge in [-0.15, -0.1) is 0 Å². The molecular weight excluding hydrogens is 497 g/mol. The predicted molar refractivity (Wildman–Crippen MR) is 143 cm³/mol. The van der Waals surface area contributed by atoms with Crippen molar-refractivity contribution >= 4 is 40.4 Å². The van der Waals surface area contributed by atoms with E-state index >= 15 is 0 Å². The summed E-state index contributed by atoms with van der Waals surface area (Å²) in [4.78, 5) is 19.2. The number of anilines is 1. The normalized spacial score (nSPS) is 14.1. The maximum Gasteiger partial charge on any atom is 0.224 e. The molecule has 1 saturated heterocycles. The zero-order chi connectivity index (χ0) is 25.4. The third-order valence-corrected chi connectivity index (χ3v) is 6.50. The Balaban J connectivity index is 1.24. The summed E-state index contributed by atoms with van der Waals surface area (Å²) in [6, 6.07) is 15.4. The number of halogens is 2. The standard InChI is InChI=1S/C27H27Cl2N5O2/c1-27(2,3)36-22-8-5-17(6-9-22)19-10-24-26(30-16-31-34(24)13-19)33-14-21(15-33)32-25(35)11-18-4-7-20(28)12-23(18)29/h4-10,12-13,16,21H,11,14-15H2,1-3H3,(H,32,35). The number of rotatable bonds is 6. The summed E-state index contributed by atoms with van der Waals surface area (Å²) in [5.41, 5.74) is 3.55. The lowest BCUT2D eigenvalue weighted by molar-refractivity contribution is -0.121.